The van der Waals surface area contributed by atoms with Crippen LogP contribution < -0.4 is 5.32 Å². The van der Waals surface area contributed by atoms with Gasteiger partial charge in [0.05, 0.1) is 0 Å². The van der Waals surface area contributed by atoms with Crippen molar-refractivity contribution in [2.75, 3.05) is 6.54 Å². The summed E-state index contributed by atoms with van der Waals surface area (Å²) in [5, 5.41) is 1.74. The Morgan fingerprint density at radius 1 is 1.47 bits per heavy atom. The molecule has 15 heavy (non-hydrogen) atoms. The molecule has 0 aliphatic heterocycles. The Hall–Kier alpha value is -1.46. The monoisotopic (exact) mass is 221 g/mol. The van der Waals surface area contributed by atoms with Crippen LogP contribution in [0, 0.1) is 13.8 Å². The quantitative estimate of drug-likeness (QED) is 0.831. The third-order valence-corrected chi connectivity index (χ3v) is 1.70. The fraction of sp³-hybridized carbons (Fsp3) is 0.444. The molecular weight excluding hydrogens is 211 g/mol. The van der Waals surface area contributed by atoms with Crippen LogP contribution in [0.5, 0.6) is 0 Å². The van der Waals surface area contributed by atoms with Gasteiger partial charge in [-0.3, -0.25) is 4.79 Å². The molecule has 0 spiro atoms. The van der Waals surface area contributed by atoms with Gasteiger partial charge >= 0.3 is 6.18 Å². The molecule has 1 N–H and O–H groups in total. The van der Waals surface area contributed by atoms with Gasteiger partial charge in [0, 0.05) is 5.56 Å². The minimum atomic E-state index is -4.41. The summed E-state index contributed by atoms with van der Waals surface area (Å²) < 4.78 is 40.3. The Bertz CT molecular complexity index is 368. The molecule has 0 aromatic carbocycles. The second-order valence-electron chi connectivity index (χ2n) is 3.17. The normalized spacial score (nSPS) is 11.5. The van der Waals surface area contributed by atoms with Gasteiger partial charge in [0.2, 0.25) is 0 Å². The fourth-order valence-corrected chi connectivity index (χ4v) is 1.13. The highest BCUT2D eigenvalue weighted by Crippen LogP contribution is 2.15. The number of hydrogen-bond donors (Lipinski definition) is 1. The van der Waals surface area contributed by atoms with Crippen LogP contribution >= 0.6 is 0 Å². The Balaban J connectivity index is 2.66. The number of nitrogens with one attached hydrogen (secondary N) is 1. The van der Waals surface area contributed by atoms with E-state index in [2.05, 4.69) is 0 Å². The SMILES string of the molecule is Cc1cc(C)c(C(=O)NCC(F)(F)F)o1. The number of carbonyl (C=O) groups excluding carboxylic acids is 1. The van der Waals surface area contributed by atoms with E-state index in [0.29, 0.717) is 11.3 Å². The van der Waals surface area contributed by atoms with Crippen molar-refractivity contribution in [1.29, 1.82) is 0 Å². The largest absolute Gasteiger partial charge is 0.456 e. The summed E-state index contributed by atoms with van der Waals surface area (Å²) >= 11 is 0. The topological polar surface area (TPSA) is 42.2 Å². The number of carbonyl (C=O) groups is 1. The lowest BCUT2D eigenvalue weighted by Crippen LogP contribution is -2.33. The van der Waals surface area contributed by atoms with E-state index in [9.17, 15) is 18.0 Å². The number of furan rings is 1. The lowest BCUT2D eigenvalue weighted by Gasteiger charge is -2.06. The molecule has 1 amide bonds. The molecule has 0 bridgehead atoms. The van der Waals surface area contributed by atoms with Gasteiger partial charge in [-0.05, 0) is 19.9 Å². The van der Waals surface area contributed by atoms with E-state index in [0.717, 1.165) is 0 Å². The number of rotatable bonds is 2. The molecular formula is C9H10F3NO2. The lowest BCUT2D eigenvalue weighted by atomic mass is 10.2. The molecule has 0 atom stereocenters. The van der Waals surface area contributed by atoms with Crippen LogP contribution in [0.2, 0.25) is 0 Å². The summed E-state index contributed by atoms with van der Waals surface area (Å²) in [6, 6.07) is 1.59. The molecule has 0 saturated carbocycles. The summed E-state index contributed by atoms with van der Waals surface area (Å²) in [7, 11) is 0. The van der Waals surface area contributed by atoms with E-state index < -0.39 is 18.6 Å². The predicted octanol–water partition coefficient (Wildman–Crippen LogP) is 2.19. The Morgan fingerprint density at radius 3 is 2.47 bits per heavy atom. The summed E-state index contributed by atoms with van der Waals surface area (Å²) in [6.45, 7) is 1.86. The average Bonchev–Trinajstić information content (AvgIpc) is 2.40. The zero-order valence-electron chi connectivity index (χ0n) is 8.23. The second-order valence-corrected chi connectivity index (χ2v) is 3.17. The Kier molecular flexibility index (Phi) is 3.06. The number of aryl methyl sites for hydroxylation is 2. The van der Waals surface area contributed by atoms with E-state index in [1.165, 1.54) is 0 Å². The molecule has 0 unspecified atom stereocenters. The standard InChI is InChI=1S/C9H10F3NO2/c1-5-3-6(2)15-7(5)8(14)13-4-9(10,11)12/h3H,4H2,1-2H3,(H,13,14). The minimum Gasteiger partial charge on any atom is -0.456 e. The van der Waals surface area contributed by atoms with Crippen molar-refractivity contribution in [2.24, 2.45) is 0 Å². The van der Waals surface area contributed by atoms with E-state index in [-0.39, 0.29) is 5.76 Å². The highest BCUT2D eigenvalue weighted by Gasteiger charge is 2.28. The maximum Gasteiger partial charge on any atom is 0.405 e. The third-order valence-electron chi connectivity index (χ3n) is 1.70. The minimum absolute atomic E-state index is 0.0725. The van der Waals surface area contributed by atoms with Crippen molar-refractivity contribution in [3.63, 3.8) is 0 Å². The number of hydrogen-bond acceptors (Lipinski definition) is 2. The highest BCUT2D eigenvalue weighted by atomic mass is 19.4. The van der Waals surface area contributed by atoms with Gasteiger partial charge in [0.15, 0.2) is 5.76 Å². The fourth-order valence-electron chi connectivity index (χ4n) is 1.13. The van der Waals surface area contributed by atoms with Crippen LogP contribution in [0.15, 0.2) is 10.5 Å². The van der Waals surface area contributed by atoms with Crippen LogP contribution in [0.25, 0.3) is 0 Å². The Labute approximate surface area is 84.3 Å². The van der Waals surface area contributed by atoms with Crippen molar-refractivity contribution in [3.8, 4) is 0 Å². The number of halogens is 3. The van der Waals surface area contributed by atoms with Gasteiger partial charge in [-0.2, -0.15) is 13.2 Å². The first-order valence-electron chi connectivity index (χ1n) is 4.21. The molecule has 0 aliphatic carbocycles. The summed E-state index contributed by atoms with van der Waals surface area (Å²) in [5.74, 6) is -0.431. The summed E-state index contributed by atoms with van der Waals surface area (Å²) in [4.78, 5) is 11.2. The summed E-state index contributed by atoms with van der Waals surface area (Å²) in [5.41, 5.74) is 0.521. The van der Waals surface area contributed by atoms with Crippen LogP contribution in [0.3, 0.4) is 0 Å². The molecule has 1 heterocycles. The molecule has 1 rings (SSSR count). The van der Waals surface area contributed by atoms with Gasteiger partial charge in [-0.15, -0.1) is 0 Å². The summed E-state index contributed by atoms with van der Waals surface area (Å²) in [6.07, 6.45) is -4.41. The zero-order valence-corrected chi connectivity index (χ0v) is 8.23. The average molecular weight is 221 g/mol. The van der Waals surface area contributed by atoms with Crippen LogP contribution in [-0.2, 0) is 0 Å². The van der Waals surface area contributed by atoms with Gasteiger partial charge in [-0.1, -0.05) is 0 Å². The molecule has 3 nitrogen and oxygen atoms in total. The molecule has 1 aromatic rings. The molecule has 6 heteroatoms. The van der Waals surface area contributed by atoms with Crippen molar-refractivity contribution >= 4 is 5.91 Å². The predicted molar refractivity (Wildman–Crippen MR) is 46.6 cm³/mol. The molecule has 0 fully saturated rings. The number of amides is 1. The molecule has 84 valence electrons. The molecule has 0 aliphatic rings. The van der Waals surface area contributed by atoms with E-state index in [1.807, 2.05) is 0 Å². The molecule has 0 radical (unpaired) electrons. The van der Waals surface area contributed by atoms with Crippen LogP contribution in [-0.4, -0.2) is 18.6 Å². The van der Waals surface area contributed by atoms with Gasteiger partial charge in [-0.25, -0.2) is 0 Å². The van der Waals surface area contributed by atoms with Gasteiger partial charge < -0.3 is 9.73 Å². The third kappa shape index (κ3) is 3.30. The van der Waals surface area contributed by atoms with Gasteiger partial charge in [0.25, 0.3) is 5.91 Å². The highest BCUT2D eigenvalue weighted by molar-refractivity contribution is 5.92. The first-order valence-corrected chi connectivity index (χ1v) is 4.21. The number of alkyl halides is 3. The lowest BCUT2D eigenvalue weighted by molar-refractivity contribution is -0.123. The maximum atomic E-state index is 11.8. The van der Waals surface area contributed by atoms with Gasteiger partial charge in [0.1, 0.15) is 12.3 Å². The van der Waals surface area contributed by atoms with Crippen LogP contribution in [0.4, 0.5) is 13.2 Å². The van der Waals surface area contributed by atoms with Crippen molar-refractivity contribution in [1.82, 2.24) is 5.32 Å². The van der Waals surface area contributed by atoms with Crippen molar-refractivity contribution in [2.45, 2.75) is 20.0 Å². The van der Waals surface area contributed by atoms with E-state index in [4.69, 9.17) is 4.42 Å². The molecule has 1 aromatic heterocycles. The van der Waals surface area contributed by atoms with E-state index in [1.54, 1.807) is 25.2 Å². The maximum absolute atomic E-state index is 11.8. The second kappa shape index (κ2) is 3.96. The first kappa shape index (κ1) is 11.6. The van der Waals surface area contributed by atoms with Crippen molar-refractivity contribution < 1.29 is 22.4 Å². The first-order chi connectivity index (χ1) is 6.79. The van der Waals surface area contributed by atoms with E-state index >= 15 is 0 Å². The van der Waals surface area contributed by atoms with Crippen molar-refractivity contribution in [3.05, 3.63) is 23.2 Å². The zero-order chi connectivity index (χ0) is 11.6. The van der Waals surface area contributed by atoms with Crippen LogP contribution in [0.1, 0.15) is 21.9 Å². The molecule has 0 saturated heterocycles. The Morgan fingerprint density at radius 2 is 2.07 bits per heavy atom. The smallest absolute Gasteiger partial charge is 0.405 e.